The van der Waals surface area contributed by atoms with Gasteiger partial charge in [0.15, 0.2) is 11.5 Å². The minimum atomic E-state index is -0.252. The summed E-state index contributed by atoms with van der Waals surface area (Å²) < 4.78 is 11.0. The van der Waals surface area contributed by atoms with Crippen LogP contribution in [0.4, 0.5) is 0 Å². The minimum Gasteiger partial charge on any atom is -0.504 e. The maximum Gasteiger partial charge on any atom is 0.162 e. The average molecular weight is 391 g/mol. The third-order valence-corrected chi connectivity index (χ3v) is 4.57. The number of nitrogens with zero attached hydrogens (tertiary/aromatic N) is 1. The lowest BCUT2D eigenvalue weighted by Crippen LogP contribution is -2.42. The number of nitrogens with one attached hydrogen (secondary N) is 3. The van der Waals surface area contributed by atoms with Crippen molar-refractivity contribution in [3.05, 3.63) is 53.6 Å². The van der Waals surface area contributed by atoms with E-state index < -0.39 is 0 Å². The largest absolute Gasteiger partial charge is 0.504 e. The lowest BCUT2D eigenvalue weighted by atomic mass is 10.1. The van der Waals surface area contributed by atoms with Crippen molar-refractivity contribution in [1.82, 2.24) is 21.3 Å². The van der Waals surface area contributed by atoms with Gasteiger partial charge in [-0.1, -0.05) is 24.3 Å². The van der Waals surface area contributed by atoms with Gasteiger partial charge in [-0.2, -0.15) is 5.01 Å². The summed E-state index contributed by atoms with van der Waals surface area (Å²) in [7, 11) is 1.53. The molecule has 0 aromatic heterocycles. The van der Waals surface area contributed by atoms with Gasteiger partial charge in [0.05, 0.1) is 13.2 Å². The summed E-state index contributed by atoms with van der Waals surface area (Å²) in [4.78, 5) is 0. The topological polar surface area (TPSA) is 78.0 Å². The van der Waals surface area contributed by atoms with E-state index in [4.69, 9.17) is 9.47 Å². The number of benzene rings is 2. The van der Waals surface area contributed by atoms with Crippen LogP contribution in [-0.2, 0) is 6.54 Å². The predicted octanol–water partition coefficient (Wildman–Crippen LogP) is 2.51. The molecule has 2 aromatic rings. The molecule has 1 aliphatic heterocycles. The Labute approximate surface area is 165 Å². The second-order valence-electron chi connectivity index (χ2n) is 6.51. The number of rotatable bonds is 7. The summed E-state index contributed by atoms with van der Waals surface area (Å²) in [6.45, 7) is 4.42. The smallest absolute Gasteiger partial charge is 0.162 e. The molecule has 4 N–H and O–H groups in total. The van der Waals surface area contributed by atoms with Crippen LogP contribution in [0.3, 0.4) is 0 Å². The van der Waals surface area contributed by atoms with Gasteiger partial charge in [-0.3, -0.25) is 0 Å². The third kappa shape index (κ3) is 4.66. The molecular weight excluding hydrogens is 364 g/mol. The summed E-state index contributed by atoms with van der Waals surface area (Å²) >= 11 is 4.56. The van der Waals surface area contributed by atoms with Crippen LogP contribution in [-0.4, -0.2) is 28.8 Å². The highest BCUT2D eigenvalue weighted by atomic mass is 32.1. The van der Waals surface area contributed by atoms with Crippen molar-refractivity contribution in [2.45, 2.75) is 38.2 Å². The summed E-state index contributed by atoms with van der Waals surface area (Å²) in [6.07, 6.45) is -0.0474. The highest BCUT2D eigenvalue weighted by molar-refractivity contribution is 7.80. The fourth-order valence-corrected chi connectivity index (χ4v) is 3.23. The first-order chi connectivity index (χ1) is 13.0. The maximum absolute atomic E-state index is 10.3. The predicted molar refractivity (Wildman–Crippen MR) is 107 cm³/mol. The third-order valence-electron chi connectivity index (χ3n) is 4.19. The Hall–Kier alpha value is -1.97. The number of para-hydroxylation sites is 1. The fourth-order valence-electron chi connectivity index (χ4n) is 2.94. The van der Waals surface area contributed by atoms with Crippen molar-refractivity contribution in [1.29, 1.82) is 0 Å². The summed E-state index contributed by atoms with van der Waals surface area (Å²) in [5.74, 6) is 1.40. The van der Waals surface area contributed by atoms with Gasteiger partial charge >= 0.3 is 0 Å². The fraction of sp³-hybridized carbons (Fsp3) is 0.368. The molecule has 2 aromatic carbocycles. The normalized spacial score (nSPS) is 20.2. The molecule has 0 spiro atoms. The van der Waals surface area contributed by atoms with Crippen LogP contribution in [0.1, 0.15) is 31.1 Å². The first-order valence-corrected chi connectivity index (χ1v) is 9.33. The molecule has 0 bridgehead atoms. The number of methoxy groups -OCH3 is 1. The molecule has 2 atom stereocenters. The van der Waals surface area contributed by atoms with Gasteiger partial charge in [-0.15, -0.1) is 12.6 Å². The van der Waals surface area contributed by atoms with E-state index in [-0.39, 0.29) is 23.5 Å². The quantitative estimate of drug-likeness (QED) is 0.465. The Balaban J connectivity index is 1.74. The molecule has 1 saturated heterocycles. The number of ether oxygens (including phenoxy) is 2. The molecule has 2 unspecified atom stereocenters. The van der Waals surface area contributed by atoms with E-state index in [2.05, 4.69) is 28.9 Å². The van der Waals surface area contributed by atoms with E-state index in [1.807, 2.05) is 55.3 Å². The van der Waals surface area contributed by atoms with Crippen LogP contribution in [0.2, 0.25) is 0 Å². The van der Waals surface area contributed by atoms with E-state index in [9.17, 15) is 5.11 Å². The second kappa shape index (κ2) is 8.81. The highest BCUT2D eigenvalue weighted by Crippen LogP contribution is 2.30. The summed E-state index contributed by atoms with van der Waals surface area (Å²) in [5, 5.41) is 12.2. The van der Waals surface area contributed by atoms with E-state index in [0.717, 1.165) is 16.9 Å². The zero-order valence-electron chi connectivity index (χ0n) is 15.6. The SMILES string of the molecule is COc1cccc(CNN2C(S)NNC2c2cccc(OC(C)C)c2)c1O. The molecule has 3 rings (SSSR count). The maximum atomic E-state index is 10.3. The second-order valence-corrected chi connectivity index (χ2v) is 7.00. The van der Waals surface area contributed by atoms with Gasteiger partial charge in [-0.05, 0) is 37.6 Å². The van der Waals surface area contributed by atoms with Crippen molar-refractivity contribution in [2.75, 3.05) is 7.11 Å². The number of phenolic OH excluding ortho intramolecular Hbond substituents is 1. The van der Waals surface area contributed by atoms with Crippen LogP contribution in [0, 0.1) is 0 Å². The Bertz CT molecular complexity index is 774. The standard InChI is InChI=1S/C19H26N4O3S/c1-12(2)26-15-8-4-6-13(10-15)18-21-22-19(27)23(18)20-11-14-7-5-9-16(25-3)17(14)24/h4-10,12,18-22,24,27H,11H2,1-3H3. The van der Waals surface area contributed by atoms with Gasteiger partial charge < -0.3 is 14.6 Å². The Morgan fingerprint density at radius 1 is 1.22 bits per heavy atom. The number of aromatic hydroxyl groups is 1. The van der Waals surface area contributed by atoms with Gasteiger partial charge in [-0.25, -0.2) is 16.3 Å². The Morgan fingerprint density at radius 2 is 2.00 bits per heavy atom. The number of phenols is 1. The molecule has 1 heterocycles. The Morgan fingerprint density at radius 3 is 2.74 bits per heavy atom. The molecule has 8 heteroatoms. The minimum absolute atomic E-state index is 0.109. The van der Waals surface area contributed by atoms with Crippen molar-refractivity contribution < 1.29 is 14.6 Å². The van der Waals surface area contributed by atoms with Crippen molar-refractivity contribution in [3.63, 3.8) is 0 Å². The van der Waals surface area contributed by atoms with Crippen LogP contribution in [0.5, 0.6) is 17.2 Å². The van der Waals surface area contributed by atoms with E-state index in [1.165, 1.54) is 7.11 Å². The van der Waals surface area contributed by atoms with Gasteiger partial charge in [0.2, 0.25) is 0 Å². The first kappa shape index (κ1) is 19.8. The molecule has 1 aliphatic rings. The molecule has 1 fully saturated rings. The lowest BCUT2D eigenvalue weighted by molar-refractivity contribution is 0.143. The molecular formula is C19H26N4O3S. The van der Waals surface area contributed by atoms with Gasteiger partial charge in [0, 0.05) is 12.1 Å². The molecule has 27 heavy (non-hydrogen) atoms. The zero-order valence-corrected chi connectivity index (χ0v) is 16.5. The highest BCUT2D eigenvalue weighted by Gasteiger charge is 2.32. The molecule has 0 aliphatic carbocycles. The molecule has 0 saturated carbocycles. The number of hydrazine groups is 2. The van der Waals surface area contributed by atoms with Crippen LogP contribution < -0.4 is 25.8 Å². The Kier molecular flexibility index (Phi) is 6.46. The number of thiol groups is 1. The molecule has 7 nitrogen and oxygen atoms in total. The number of hydrogen-bond donors (Lipinski definition) is 5. The van der Waals surface area contributed by atoms with E-state index in [1.54, 1.807) is 6.07 Å². The van der Waals surface area contributed by atoms with Crippen molar-refractivity contribution >= 4 is 12.6 Å². The van der Waals surface area contributed by atoms with Crippen LogP contribution in [0.15, 0.2) is 42.5 Å². The van der Waals surface area contributed by atoms with Gasteiger partial charge in [0.25, 0.3) is 0 Å². The van der Waals surface area contributed by atoms with Gasteiger partial charge in [0.1, 0.15) is 17.4 Å². The average Bonchev–Trinajstić information content (AvgIpc) is 3.01. The van der Waals surface area contributed by atoms with Crippen molar-refractivity contribution in [2.24, 2.45) is 0 Å². The van der Waals surface area contributed by atoms with Crippen molar-refractivity contribution in [3.8, 4) is 17.2 Å². The zero-order chi connectivity index (χ0) is 19.4. The van der Waals surface area contributed by atoms with Crippen LogP contribution in [0.25, 0.3) is 0 Å². The number of hydrogen-bond acceptors (Lipinski definition) is 8. The summed E-state index contributed by atoms with van der Waals surface area (Å²) in [6, 6.07) is 13.4. The molecule has 0 radical (unpaired) electrons. The molecule has 0 amide bonds. The van der Waals surface area contributed by atoms with Crippen LogP contribution >= 0.6 is 12.6 Å². The first-order valence-electron chi connectivity index (χ1n) is 8.82. The summed E-state index contributed by atoms with van der Waals surface area (Å²) in [5.41, 5.74) is 11.2. The monoisotopic (exact) mass is 390 g/mol. The lowest BCUT2D eigenvalue weighted by Gasteiger charge is -2.27. The van der Waals surface area contributed by atoms with E-state index >= 15 is 0 Å². The van der Waals surface area contributed by atoms with E-state index in [0.29, 0.717) is 12.3 Å². The molecule has 146 valence electrons.